The second-order valence-corrected chi connectivity index (χ2v) is 7.96. The van der Waals surface area contributed by atoms with Gasteiger partial charge in [0.15, 0.2) is 9.84 Å². The van der Waals surface area contributed by atoms with Crippen LogP contribution in [0.3, 0.4) is 0 Å². The molecule has 1 aromatic rings. The van der Waals surface area contributed by atoms with Crippen LogP contribution in [0.15, 0.2) is 29.2 Å². The van der Waals surface area contributed by atoms with Gasteiger partial charge in [-0.1, -0.05) is 6.92 Å². The normalized spacial score (nSPS) is 23.7. The quantitative estimate of drug-likeness (QED) is 0.857. The van der Waals surface area contributed by atoms with Crippen LogP contribution in [0.25, 0.3) is 0 Å². The number of nitriles is 1. The van der Waals surface area contributed by atoms with Crippen molar-refractivity contribution in [2.75, 3.05) is 18.8 Å². The molecule has 4 nitrogen and oxygen atoms in total. The van der Waals surface area contributed by atoms with Crippen molar-refractivity contribution in [2.24, 2.45) is 5.92 Å². The Hall–Kier alpha value is -1.38. The van der Waals surface area contributed by atoms with Crippen LogP contribution < -0.4 is 0 Å². The van der Waals surface area contributed by atoms with E-state index < -0.39 is 9.84 Å². The Morgan fingerprint density at radius 3 is 2.57 bits per heavy atom. The van der Waals surface area contributed by atoms with Gasteiger partial charge in [0, 0.05) is 12.6 Å². The van der Waals surface area contributed by atoms with Crippen molar-refractivity contribution in [3.05, 3.63) is 29.8 Å². The zero-order chi connectivity index (χ0) is 15.5. The minimum absolute atomic E-state index is 0.135. The van der Waals surface area contributed by atoms with E-state index in [0.717, 1.165) is 13.0 Å². The maximum absolute atomic E-state index is 12.4. The van der Waals surface area contributed by atoms with Gasteiger partial charge in [-0.25, -0.2) is 8.42 Å². The molecule has 0 aromatic heterocycles. The summed E-state index contributed by atoms with van der Waals surface area (Å²) in [4.78, 5) is 2.58. The number of likely N-dealkylation sites (tertiary alicyclic amines) is 1. The first kappa shape index (κ1) is 16.0. The van der Waals surface area contributed by atoms with Gasteiger partial charge in [0.05, 0.1) is 22.3 Å². The van der Waals surface area contributed by atoms with Crippen LogP contribution in [0.1, 0.15) is 32.3 Å². The minimum atomic E-state index is -3.28. The zero-order valence-corrected chi connectivity index (χ0v) is 13.4. The summed E-state index contributed by atoms with van der Waals surface area (Å²) < 4.78 is 24.7. The highest BCUT2D eigenvalue weighted by molar-refractivity contribution is 7.91. The number of benzene rings is 1. The number of sulfone groups is 1. The number of nitrogens with zero attached hydrogens (tertiary/aromatic N) is 2. The molecule has 1 saturated heterocycles. The van der Waals surface area contributed by atoms with E-state index in [2.05, 4.69) is 18.7 Å². The Morgan fingerprint density at radius 1 is 1.29 bits per heavy atom. The molecule has 0 spiro atoms. The molecule has 114 valence electrons. The van der Waals surface area contributed by atoms with E-state index in [1.165, 1.54) is 18.6 Å². The SMILES string of the molecule is CC1CCCN(CCS(=O)(=O)c2ccc(C#N)cc2)C1C. The van der Waals surface area contributed by atoms with Crippen molar-refractivity contribution >= 4 is 9.84 Å². The third-order valence-corrected chi connectivity index (χ3v) is 6.20. The molecule has 21 heavy (non-hydrogen) atoms. The van der Waals surface area contributed by atoms with Crippen molar-refractivity contribution in [3.63, 3.8) is 0 Å². The second-order valence-electron chi connectivity index (χ2n) is 5.85. The molecule has 1 heterocycles. The van der Waals surface area contributed by atoms with Gasteiger partial charge >= 0.3 is 0 Å². The van der Waals surface area contributed by atoms with Gasteiger partial charge in [-0.05, 0) is 56.5 Å². The lowest BCUT2D eigenvalue weighted by atomic mass is 9.92. The molecular weight excluding hydrogens is 284 g/mol. The highest BCUT2D eigenvalue weighted by atomic mass is 32.2. The van der Waals surface area contributed by atoms with Crippen molar-refractivity contribution in [3.8, 4) is 6.07 Å². The first-order valence-corrected chi connectivity index (χ1v) is 9.06. The largest absolute Gasteiger partial charge is 0.299 e. The highest BCUT2D eigenvalue weighted by Crippen LogP contribution is 2.23. The molecule has 2 atom stereocenters. The fourth-order valence-corrected chi connectivity index (χ4v) is 4.09. The first-order chi connectivity index (χ1) is 9.94. The average Bonchev–Trinajstić information content (AvgIpc) is 2.49. The van der Waals surface area contributed by atoms with E-state index in [9.17, 15) is 8.42 Å². The molecule has 0 aliphatic carbocycles. The van der Waals surface area contributed by atoms with E-state index in [0.29, 0.717) is 29.0 Å². The van der Waals surface area contributed by atoms with E-state index in [-0.39, 0.29) is 5.75 Å². The van der Waals surface area contributed by atoms with E-state index in [1.807, 2.05) is 6.07 Å². The highest BCUT2D eigenvalue weighted by Gasteiger charge is 2.26. The average molecular weight is 306 g/mol. The van der Waals surface area contributed by atoms with Crippen molar-refractivity contribution in [1.82, 2.24) is 4.90 Å². The molecule has 0 radical (unpaired) electrons. The molecule has 1 aliphatic rings. The Labute approximate surface area is 127 Å². The molecule has 1 aromatic carbocycles. The van der Waals surface area contributed by atoms with Crippen LogP contribution >= 0.6 is 0 Å². The maximum Gasteiger partial charge on any atom is 0.179 e. The van der Waals surface area contributed by atoms with E-state index >= 15 is 0 Å². The summed E-state index contributed by atoms with van der Waals surface area (Å²) in [6.07, 6.45) is 2.36. The Kier molecular flexibility index (Phi) is 5.02. The Morgan fingerprint density at radius 2 is 1.95 bits per heavy atom. The minimum Gasteiger partial charge on any atom is -0.299 e. The molecule has 0 saturated carbocycles. The molecule has 0 N–H and O–H groups in total. The molecule has 5 heteroatoms. The lowest BCUT2D eigenvalue weighted by Crippen LogP contribution is -2.44. The molecule has 0 bridgehead atoms. The Bertz CT molecular complexity index is 617. The lowest BCUT2D eigenvalue weighted by Gasteiger charge is -2.37. The number of hydrogen-bond acceptors (Lipinski definition) is 4. The number of rotatable bonds is 4. The van der Waals surface area contributed by atoms with Crippen LogP contribution in [-0.4, -0.2) is 38.2 Å². The van der Waals surface area contributed by atoms with Gasteiger partial charge in [-0.15, -0.1) is 0 Å². The standard InChI is InChI=1S/C16H22N2O2S/c1-13-4-3-9-18(14(13)2)10-11-21(19,20)16-7-5-15(12-17)6-8-16/h5-8,13-14H,3-4,9-11H2,1-2H3. The molecule has 0 amide bonds. The van der Waals surface area contributed by atoms with Crippen LogP contribution in [0.4, 0.5) is 0 Å². The van der Waals surface area contributed by atoms with E-state index in [1.54, 1.807) is 12.1 Å². The summed E-state index contributed by atoms with van der Waals surface area (Å²) in [5, 5.41) is 8.75. The summed E-state index contributed by atoms with van der Waals surface area (Å²) in [5.74, 6) is 0.757. The monoisotopic (exact) mass is 306 g/mol. The Balaban J connectivity index is 2.02. The fourth-order valence-electron chi connectivity index (χ4n) is 2.83. The van der Waals surface area contributed by atoms with Gasteiger partial charge in [-0.3, -0.25) is 4.90 Å². The van der Waals surface area contributed by atoms with Crippen LogP contribution in [0, 0.1) is 17.2 Å². The molecule has 1 aliphatic heterocycles. The lowest BCUT2D eigenvalue weighted by molar-refractivity contribution is 0.121. The van der Waals surface area contributed by atoms with Crippen molar-refractivity contribution < 1.29 is 8.42 Å². The van der Waals surface area contributed by atoms with Gasteiger partial charge in [-0.2, -0.15) is 5.26 Å². The van der Waals surface area contributed by atoms with Crippen LogP contribution in [0.2, 0.25) is 0 Å². The number of hydrogen-bond donors (Lipinski definition) is 0. The summed E-state index contributed by atoms with van der Waals surface area (Å²) in [7, 11) is -3.28. The summed E-state index contributed by atoms with van der Waals surface area (Å²) >= 11 is 0. The van der Waals surface area contributed by atoms with Crippen LogP contribution in [0.5, 0.6) is 0 Å². The molecule has 1 fully saturated rings. The molecular formula is C16H22N2O2S. The van der Waals surface area contributed by atoms with Gasteiger partial charge < -0.3 is 0 Å². The summed E-state index contributed by atoms with van der Waals surface area (Å²) in [6, 6.07) is 8.59. The van der Waals surface area contributed by atoms with Crippen molar-refractivity contribution in [2.45, 2.75) is 37.6 Å². The zero-order valence-electron chi connectivity index (χ0n) is 12.6. The predicted molar refractivity (Wildman–Crippen MR) is 82.6 cm³/mol. The summed E-state index contributed by atoms with van der Waals surface area (Å²) in [5.41, 5.74) is 0.479. The maximum atomic E-state index is 12.4. The van der Waals surface area contributed by atoms with Gasteiger partial charge in [0.25, 0.3) is 0 Å². The van der Waals surface area contributed by atoms with Gasteiger partial charge in [0.1, 0.15) is 0 Å². The van der Waals surface area contributed by atoms with Crippen LogP contribution in [-0.2, 0) is 9.84 Å². The fraction of sp³-hybridized carbons (Fsp3) is 0.562. The molecule has 2 rings (SSSR count). The summed E-state index contributed by atoms with van der Waals surface area (Å²) in [6.45, 7) is 5.96. The number of piperidine rings is 1. The molecule has 2 unspecified atom stereocenters. The van der Waals surface area contributed by atoms with E-state index in [4.69, 9.17) is 5.26 Å². The smallest absolute Gasteiger partial charge is 0.179 e. The second kappa shape index (κ2) is 6.59. The third kappa shape index (κ3) is 3.84. The third-order valence-electron chi connectivity index (χ3n) is 4.49. The van der Waals surface area contributed by atoms with Crippen molar-refractivity contribution in [1.29, 1.82) is 5.26 Å². The topological polar surface area (TPSA) is 61.2 Å². The first-order valence-electron chi connectivity index (χ1n) is 7.41. The predicted octanol–water partition coefficient (Wildman–Crippen LogP) is 2.45. The van der Waals surface area contributed by atoms with Gasteiger partial charge in [0.2, 0.25) is 0 Å².